The van der Waals surface area contributed by atoms with Crippen LogP contribution in [0.4, 0.5) is 5.69 Å². The van der Waals surface area contributed by atoms with Crippen molar-refractivity contribution in [3.05, 3.63) is 12.4 Å². The second-order valence-corrected chi connectivity index (χ2v) is 5.19. The number of anilines is 1. The minimum Gasteiger partial charge on any atom is -0.381 e. The van der Waals surface area contributed by atoms with E-state index in [4.69, 9.17) is 0 Å². The van der Waals surface area contributed by atoms with E-state index in [1.807, 2.05) is 10.9 Å². The lowest BCUT2D eigenvalue weighted by molar-refractivity contribution is 0.285. The summed E-state index contributed by atoms with van der Waals surface area (Å²) in [6, 6.07) is 0.624. The summed E-state index contributed by atoms with van der Waals surface area (Å²) in [5.74, 6) is 0. The van der Waals surface area contributed by atoms with Gasteiger partial charge in [-0.3, -0.25) is 4.68 Å². The molecule has 2 N–H and O–H groups in total. The van der Waals surface area contributed by atoms with E-state index in [1.165, 1.54) is 12.8 Å². The number of hydrogen-bond donors (Lipinski definition) is 2. The molecule has 2 rings (SSSR count). The average Bonchev–Trinajstić information content (AvgIpc) is 3.09. The standard InChI is InChI=1S/C14H27N5/c1-3-18(4-2)8-9-19-12-14(11-17-19)16-10-13-6-5-7-15-13/h11-13,15-16H,3-10H2,1-2H3. The van der Waals surface area contributed by atoms with Gasteiger partial charge in [0, 0.05) is 25.3 Å². The van der Waals surface area contributed by atoms with Crippen LogP contribution in [0.25, 0.3) is 0 Å². The van der Waals surface area contributed by atoms with Crippen molar-refractivity contribution in [3.8, 4) is 0 Å². The predicted octanol–water partition coefficient (Wildman–Crippen LogP) is 1.39. The Morgan fingerprint density at radius 2 is 2.32 bits per heavy atom. The van der Waals surface area contributed by atoms with E-state index in [9.17, 15) is 0 Å². The molecule has 0 spiro atoms. The molecule has 2 heterocycles. The van der Waals surface area contributed by atoms with Crippen LogP contribution in [0.3, 0.4) is 0 Å². The fourth-order valence-electron chi connectivity index (χ4n) is 2.53. The van der Waals surface area contributed by atoms with Crippen LogP contribution in [0, 0.1) is 0 Å². The predicted molar refractivity (Wildman–Crippen MR) is 79.5 cm³/mol. The normalized spacial score (nSPS) is 19.2. The Bertz CT molecular complexity index is 332. The third kappa shape index (κ3) is 4.51. The van der Waals surface area contributed by atoms with Crippen LogP contribution >= 0.6 is 0 Å². The van der Waals surface area contributed by atoms with E-state index < -0.39 is 0 Å². The SMILES string of the molecule is CCN(CC)CCn1cc(NCC2CCCN2)cn1. The lowest BCUT2D eigenvalue weighted by atomic mass is 10.2. The van der Waals surface area contributed by atoms with Crippen molar-refractivity contribution in [1.82, 2.24) is 20.0 Å². The first-order valence-electron chi connectivity index (χ1n) is 7.54. The van der Waals surface area contributed by atoms with Gasteiger partial charge in [-0.15, -0.1) is 0 Å². The highest BCUT2D eigenvalue weighted by Gasteiger charge is 2.13. The largest absolute Gasteiger partial charge is 0.381 e. The molecule has 1 fully saturated rings. The molecule has 0 saturated carbocycles. The zero-order chi connectivity index (χ0) is 13.5. The summed E-state index contributed by atoms with van der Waals surface area (Å²) < 4.78 is 2.03. The first kappa shape index (κ1) is 14.3. The Hall–Kier alpha value is -1.07. The molecule has 1 aromatic heterocycles. The van der Waals surface area contributed by atoms with Crippen molar-refractivity contribution < 1.29 is 0 Å². The molecule has 0 radical (unpaired) electrons. The molecule has 1 aromatic rings. The van der Waals surface area contributed by atoms with Crippen molar-refractivity contribution in [3.63, 3.8) is 0 Å². The van der Waals surface area contributed by atoms with Crippen LogP contribution in [0.1, 0.15) is 26.7 Å². The lowest BCUT2D eigenvalue weighted by Crippen LogP contribution is -2.29. The van der Waals surface area contributed by atoms with Gasteiger partial charge in [0.05, 0.1) is 18.4 Å². The number of nitrogens with one attached hydrogen (secondary N) is 2. The summed E-state index contributed by atoms with van der Waals surface area (Å²) in [7, 11) is 0. The van der Waals surface area contributed by atoms with Crippen LogP contribution in [-0.2, 0) is 6.54 Å². The maximum atomic E-state index is 4.41. The van der Waals surface area contributed by atoms with E-state index in [0.717, 1.165) is 45.0 Å². The first-order valence-corrected chi connectivity index (χ1v) is 7.54. The molecule has 0 amide bonds. The molecule has 19 heavy (non-hydrogen) atoms. The summed E-state index contributed by atoms with van der Waals surface area (Å²) in [6.45, 7) is 10.8. The number of hydrogen-bond acceptors (Lipinski definition) is 4. The fourth-order valence-corrected chi connectivity index (χ4v) is 2.53. The highest BCUT2D eigenvalue weighted by molar-refractivity contribution is 5.38. The molecule has 0 aliphatic carbocycles. The smallest absolute Gasteiger partial charge is 0.0727 e. The van der Waals surface area contributed by atoms with Gasteiger partial charge in [-0.1, -0.05) is 13.8 Å². The van der Waals surface area contributed by atoms with Gasteiger partial charge >= 0.3 is 0 Å². The molecule has 5 nitrogen and oxygen atoms in total. The first-order chi connectivity index (χ1) is 9.31. The van der Waals surface area contributed by atoms with E-state index in [-0.39, 0.29) is 0 Å². The van der Waals surface area contributed by atoms with Gasteiger partial charge in [0.25, 0.3) is 0 Å². The van der Waals surface area contributed by atoms with Crippen LogP contribution in [0.5, 0.6) is 0 Å². The van der Waals surface area contributed by atoms with Gasteiger partial charge in [0.2, 0.25) is 0 Å². The topological polar surface area (TPSA) is 45.1 Å². The van der Waals surface area contributed by atoms with Gasteiger partial charge < -0.3 is 15.5 Å². The second kappa shape index (κ2) is 7.50. The maximum Gasteiger partial charge on any atom is 0.0727 e. The molecule has 1 atom stereocenters. The molecule has 0 bridgehead atoms. The minimum atomic E-state index is 0.624. The van der Waals surface area contributed by atoms with Gasteiger partial charge in [-0.05, 0) is 32.5 Å². The Morgan fingerprint density at radius 3 is 3.00 bits per heavy atom. The Kier molecular flexibility index (Phi) is 5.66. The monoisotopic (exact) mass is 265 g/mol. The number of nitrogens with zero attached hydrogens (tertiary/aromatic N) is 3. The zero-order valence-electron chi connectivity index (χ0n) is 12.2. The minimum absolute atomic E-state index is 0.624. The molecule has 1 aliphatic heterocycles. The molecular formula is C14H27N5. The fraction of sp³-hybridized carbons (Fsp3) is 0.786. The molecule has 1 saturated heterocycles. The van der Waals surface area contributed by atoms with E-state index in [2.05, 4.69) is 40.7 Å². The highest BCUT2D eigenvalue weighted by atomic mass is 15.3. The summed E-state index contributed by atoms with van der Waals surface area (Å²) in [4.78, 5) is 2.41. The van der Waals surface area contributed by atoms with Crippen LogP contribution in [0.2, 0.25) is 0 Å². The van der Waals surface area contributed by atoms with Crippen LogP contribution in [0.15, 0.2) is 12.4 Å². The number of aromatic nitrogens is 2. The summed E-state index contributed by atoms with van der Waals surface area (Å²) in [5.41, 5.74) is 1.13. The van der Waals surface area contributed by atoms with E-state index in [1.54, 1.807) is 0 Å². The molecule has 0 aromatic carbocycles. The maximum absolute atomic E-state index is 4.41. The van der Waals surface area contributed by atoms with Crippen molar-refractivity contribution in [2.45, 2.75) is 39.3 Å². The van der Waals surface area contributed by atoms with Crippen molar-refractivity contribution in [2.24, 2.45) is 0 Å². The molecule has 1 unspecified atom stereocenters. The molecule has 5 heteroatoms. The Morgan fingerprint density at radius 1 is 1.47 bits per heavy atom. The van der Waals surface area contributed by atoms with E-state index >= 15 is 0 Å². The van der Waals surface area contributed by atoms with Crippen LogP contribution < -0.4 is 10.6 Å². The molecule has 108 valence electrons. The quantitative estimate of drug-likeness (QED) is 0.745. The zero-order valence-corrected chi connectivity index (χ0v) is 12.2. The van der Waals surface area contributed by atoms with Gasteiger partial charge in [-0.2, -0.15) is 5.10 Å². The van der Waals surface area contributed by atoms with Crippen molar-refractivity contribution >= 4 is 5.69 Å². The number of likely N-dealkylation sites (N-methyl/N-ethyl adjacent to an activating group) is 1. The Labute approximate surface area is 116 Å². The molecular weight excluding hydrogens is 238 g/mol. The molecule has 1 aliphatic rings. The van der Waals surface area contributed by atoms with E-state index in [0.29, 0.717) is 6.04 Å². The number of rotatable bonds is 8. The van der Waals surface area contributed by atoms with Crippen LogP contribution in [-0.4, -0.2) is 53.4 Å². The average molecular weight is 265 g/mol. The highest BCUT2D eigenvalue weighted by Crippen LogP contribution is 2.09. The van der Waals surface area contributed by atoms with Gasteiger partial charge in [-0.25, -0.2) is 0 Å². The summed E-state index contributed by atoms with van der Waals surface area (Å²) >= 11 is 0. The summed E-state index contributed by atoms with van der Waals surface area (Å²) in [5, 5.41) is 11.4. The second-order valence-electron chi connectivity index (χ2n) is 5.19. The van der Waals surface area contributed by atoms with Gasteiger partial charge in [0.1, 0.15) is 0 Å². The third-order valence-electron chi connectivity index (χ3n) is 3.89. The third-order valence-corrected chi connectivity index (χ3v) is 3.89. The summed E-state index contributed by atoms with van der Waals surface area (Å²) in [6.07, 6.45) is 6.62. The Balaban J connectivity index is 1.71. The lowest BCUT2D eigenvalue weighted by Gasteiger charge is -2.17. The van der Waals surface area contributed by atoms with Crippen molar-refractivity contribution in [2.75, 3.05) is 38.0 Å². The van der Waals surface area contributed by atoms with Crippen molar-refractivity contribution in [1.29, 1.82) is 0 Å². The van der Waals surface area contributed by atoms with Gasteiger partial charge in [0.15, 0.2) is 0 Å².